The number of piperazine rings is 1. The average Bonchev–Trinajstić information content (AvgIpc) is 2.54. The lowest BCUT2D eigenvalue weighted by Crippen LogP contribution is -2.51. The van der Waals surface area contributed by atoms with Gasteiger partial charge in [0.15, 0.2) is 0 Å². The van der Waals surface area contributed by atoms with Crippen molar-refractivity contribution in [2.24, 2.45) is 0 Å². The lowest BCUT2D eigenvalue weighted by Gasteiger charge is -2.32. The normalized spacial score (nSPS) is 18.3. The highest BCUT2D eigenvalue weighted by Gasteiger charge is 2.20. The number of benzene rings is 1. The highest BCUT2D eigenvalue weighted by molar-refractivity contribution is 5.94. The van der Waals surface area contributed by atoms with Crippen LogP contribution in [0.15, 0.2) is 24.3 Å². The molecule has 1 aliphatic rings. The Morgan fingerprint density at radius 1 is 1.25 bits per heavy atom. The van der Waals surface area contributed by atoms with Crippen molar-refractivity contribution in [3.8, 4) is 0 Å². The van der Waals surface area contributed by atoms with Gasteiger partial charge in [0.2, 0.25) is 5.91 Å². The first kappa shape index (κ1) is 18.5. The van der Waals surface area contributed by atoms with E-state index in [0.717, 1.165) is 19.6 Å². The topological polar surface area (TPSA) is 61.4 Å². The van der Waals surface area contributed by atoms with Crippen LogP contribution in [0.5, 0.6) is 0 Å². The highest BCUT2D eigenvalue weighted by atomic mass is 16.2. The molecule has 1 unspecified atom stereocenters. The molecule has 24 heavy (non-hydrogen) atoms. The van der Waals surface area contributed by atoms with Crippen LogP contribution in [0.4, 0.5) is 0 Å². The smallest absolute Gasteiger partial charge is 0.251 e. The highest BCUT2D eigenvalue weighted by Crippen LogP contribution is 2.22. The molecule has 2 amide bonds. The van der Waals surface area contributed by atoms with Crippen molar-refractivity contribution in [2.45, 2.75) is 45.6 Å². The van der Waals surface area contributed by atoms with Gasteiger partial charge in [-0.05, 0) is 30.0 Å². The molecule has 5 heteroatoms. The molecule has 0 aliphatic carbocycles. The summed E-state index contributed by atoms with van der Waals surface area (Å²) in [5, 5.41) is 6.15. The molecule has 1 aromatic rings. The van der Waals surface area contributed by atoms with Crippen molar-refractivity contribution in [3.05, 3.63) is 35.4 Å². The summed E-state index contributed by atoms with van der Waals surface area (Å²) in [5.74, 6) is -0.0244. The summed E-state index contributed by atoms with van der Waals surface area (Å²) in [7, 11) is 0. The Morgan fingerprint density at radius 3 is 2.50 bits per heavy atom. The van der Waals surface area contributed by atoms with Gasteiger partial charge in [-0.3, -0.25) is 9.59 Å². The van der Waals surface area contributed by atoms with Gasteiger partial charge >= 0.3 is 0 Å². The quantitative estimate of drug-likeness (QED) is 0.886. The summed E-state index contributed by atoms with van der Waals surface area (Å²) in [6.45, 7) is 11.2. The van der Waals surface area contributed by atoms with Gasteiger partial charge in [0, 0.05) is 44.2 Å². The van der Waals surface area contributed by atoms with Gasteiger partial charge in [0.1, 0.15) is 0 Å². The molecule has 1 atom stereocenters. The van der Waals surface area contributed by atoms with Crippen LogP contribution in [-0.4, -0.2) is 48.9 Å². The maximum atomic E-state index is 12.2. The van der Waals surface area contributed by atoms with Gasteiger partial charge in [-0.1, -0.05) is 32.9 Å². The number of hydrogen-bond donors (Lipinski definition) is 2. The van der Waals surface area contributed by atoms with Crippen molar-refractivity contribution < 1.29 is 9.59 Å². The van der Waals surface area contributed by atoms with E-state index >= 15 is 0 Å². The zero-order valence-electron chi connectivity index (χ0n) is 15.2. The molecule has 2 rings (SSSR count). The predicted molar refractivity (Wildman–Crippen MR) is 96.1 cm³/mol. The molecule has 1 aromatic carbocycles. The fraction of sp³-hybridized carbons (Fsp3) is 0.579. The van der Waals surface area contributed by atoms with E-state index < -0.39 is 0 Å². The van der Waals surface area contributed by atoms with Crippen LogP contribution >= 0.6 is 0 Å². The molecule has 0 bridgehead atoms. The summed E-state index contributed by atoms with van der Waals surface area (Å²) in [4.78, 5) is 26.2. The fourth-order valence-electron chi connectivity index (χ4n) is 2.82. The van der Waals surface area contributed by atoms with Crippen molar-refractivity contribution in [1.29, 1.82) is 0 Å². The largest absolute Gasteiger partial charge is 0.352 e. The number of rotatable bonds is 4. The lowest BCUT2D eigenvalue weighted by atomic mass is 9.87. The Labute approximate surface area is 144 Å². The average molecular weight is 331 g/mol. The van der Waals surface area contributed by atoms with Crippen molar-refractivity contribution >= 4 is 11.8 Å². The molecule has 1 aliphatic heterocycles. The van der Waals surface area contributed by atoms with Gasteiger partial charge in [-0.15, -0.1) is 0 Å². The van der Waals surface area contributed by atoms with E-state index in [0.29, 0.717) is 24.6 Å². The molecule has 132 valence electrons. The molecule has 0 spiro atoms. The van der Waals surface area contributed by atoms with E-state index in [4.69, 9.17) is 0 Å². The van der Waals surface area contributed by atoms with Crippen LogP contribution in [0.2, 0.25) is 0 Å². The fourth-order valence-corrected chi connectivity index (χ4v) is 2.82. The second-order valence-electron chi connectivity index (χ2n) is 7.53. The zero-order valence-corrected chi connectivity index (χ0v) is 15.2. The van der Waals surface area contributed by atoms with Gasteiger partial charge in [-0.25, -0.2) is 0 Å². The first-order valence-electron chi connectivity index (χ1n) is 8.67. The van der Waals surface area contributed by atoms with Crippen molar-refractivity contribution in [1.82, 2.24) is 15.5 Å². The maximum Gasteiger partial charge on any atom is 0.251 e. The Kier molecular flexibility index (Phi) is 5.99. The van der Waals surface area contributed by atoms with Gasteiger partial charge in [-0.2, -0.15) is 0 Å². The molecule has 1 heterocycles. The Bertz CT molecular complexity index is 575. The maximum absolute atomic E-state index is 12.2. The van der Waals surface area contributed by atoms with Crippen LogP contribution in [0.3, 0.4) is 0 Å². The molecule has 1 saturated heterocycles. The minimum atomic E-state index is -0.128. The lowest BCUT2D eigenvalue weighted by molar-refractivity contribution is -0.132. The van der Waals surface area contributed by atoms with E-state index in [1.165, 1.54) is 5.56 Å². The summed E-state index contributed by atoms with van der Waals surface area (Å²) in [6, 6.07) is 7.99. The Hall–Kier alpha value is -1.88. The second-order valence-corrected chi connectivity index (χ2v) is 7.53. The summed E-state index contributed by atoms with van der Waals surface area (Å²) < 4.78 is 0. The SMILES string of the molecule is CC1CN(C(=O)CCNC(=O)c2ccc(C(C)(C)C)cc2)CCN1. The van der Waals surface area contributed by atoms with Gasteiger partial charge in [0.25, 0.3) is 5.91 Å². The third-order valence-corrected chi connectivity index (χ3v) is 4.36. The number of carbonyl (C=O) groups excluding carboxylic acids is 2. The van der Waals surface area contributed by atoms with Crippen molar-refractivity contribution in [2.75, 3.05) is 26.2 Å². The molecule has 1 fully saturated rings. The number of hydrogen-bond acceptors (Lipinski definition) is 3. The summed E-state index contributed by atoms with van der Waals surface area (Å²) in [6.07, 6.45) is 0.346. The Morgan fingerprint density at radius 2 is 1.92 bits per heavy atom. The van der Waals surface area contributed by atoms with E-state index in [2.05, 4.69) is 38.3 Å². The van der Waals surface area contributed by atoms with E-state index in [1.807, 2.05) is 29.2 Å². The minimum Gasteiger partial charge on any atom is -0.352 e. The number of nitrogens with one attached hydrogen (secondary N) is 2. The summed E-state index contributed by atoms with van der Waals surface area (Å²) in [5.41, 5.74) is 1.90. The van der Waals surface area contributed by atoms with Gasteiger partial charge < -0.3 is 15.5 Å². The van der Waals surface area contributed by atoms with Crippen LogP contribution in [-0.2, 0) is 10.2 Å². The van der Waals surface area contributed by atoms with E-state index in [-0.39, 0.29) is 17.2 Å². The molecule has 5 nitrogen and oxygen atoms in total. The number of carbonyl (C=O) groups is 2. The Balaban J connectivity index is 1.79. The van der Waals surface area contributed by atoms with Crippen molar-refractivity contribution in [3.63, 3.8) is 0 Å². The second kappa shape index (κ2) is 7.79. The molecular formula is C19H29N3O2. The van der Waals surface area contributed by atoms with Crippen LogP contribution in [0, 0.1) is 0 Å². The minimum absolute atomic E-state index is 0.0713. The number of amides is 2. The third kappa shape index (κ3) is 5.06. The molecule has 2 N–H and O–H groups in total. The molecule has 0 radical (unpaired) electrons. The monoisotopic (exact) mass is 331 g/mol. The van der Waals surface area contributed by atoms with Crippen LogP contribution < -0.4 is 10.6 Å². The van der Waals surface area contributed by atoms with Crippen LogP contribution in [0.1, 0.15) is 50.0 Å². The molecular weight excluding hydrogens is 302 g/mol. The first-order chi connectivity index (χ1) is 11.3. The standard InChI is InChI=1S/C19H29N3O2/c1-14-13-22(12-11-20-14)17(23)9-10-21-18(24)15-5-7-16(8-6-15)19(2,3)4/h5-8,14,20H,9-13H2,1-4H3,(H,21,24). The first-order valence-corrected chi connectivity index (χ1v) is 8.67. The number of nitrogens with zero attached hydrogens (tertiary/aromatic N) is 1. The third-order valence-electron chi connectivity index (χ3n) is 4.36. The van der Waals surface area contributed by atoms with Gasteiger partial charge in [0.05, 0.1) is 0 Å². The zero-order chi connectivity index (χ0) is 17.7. The summed E-state index contributed by atoms with van der Waals surface area (Å²) >= 11 is 0. The molecule has 0 saturated carbocycles. The molecule has 0 aromatic heterocycles. The predicted octanol–water partition coefficient (Wildman–Crippen LogP) is 1.92. The van der Waals surface area contributed by atoms with E-state index in [9.17, 15) is 9.59 Å². The van der Waals surface area contributed by atoms with Crippen LogP contribution in [0.25, 0.3) is 0 Å². The van der Waals surface area contributed by atoms with E-state index in [1.54, 1.807) is 0 Å².